The highest BCUT2D eigenvalue weighted by molar-refractivity contribution is 5.93. The molecule has 0 saturated heterocycles. The quantitative estimate of drug-likeness (QED) is 0.228. The highest BCUT2D eigenvalue weighted by Crippen LogP contribution is 1.99. The Bertz CT molecular complexity index is 378. The molecule has 0 aromatic carbocycles. The molecule has 0 aromatic rings. The largest absolute Gasteiger partial charge is 0.356 e. The monoisotopic (exact) mass is 260 g/mol. The third-order valence-electron chi connectivity index (χ3n) is 2.24. The van der Waals surface area contributed by atoms with Gasteiger partial charge in [0.15, 0.2) is 0 Å². The molecule has 104 valence electrons. The van der Waals surface area contributed by atoms with Crippen LogP contribution in [0.15, 0.2) is 59.3 Å². The maximum Gasteiger partial charge on any atom is 0.123 e. The summed E-state index contributed by atoms with van der Waals surface area (Å²) >= 11 is 0. The number of aliphatic imine (C=N–C) groups is 1. The first-order valence-electron chi connectivity index (χ1n) is 6.26. The van der Waals surface area contributed by atoms with Crippen molar-refractivity contribution >= 4 is 12.6 Å². The van der Waals surface area contributed by atoms with Crippen molar-refractivity contribution in [2.45, 2.75) is 13.3 Å². The topological polar surface area (TPSA) is 40.0 Å². The van der Waals surface area contributed by atoms with Crippen molar-refractivity contribution in [3.8, 4) is 0 Å². The molecule has 1 N–H and O–H groups in total. The number of nitrogens with zero attached hydrogens (tertiary/aromatic N) is 3. The van der Waals surface area contributed by atoms with Crippen LogP contribution in [-0.4, -0.2) is 37.6 Å². The van der Waals surface area contributed by atoms with Crippen LogP contribution in [0, 0.1) is 0 Å². The van der Waals surface area contributed by atoms with Gasteiger partial charge < -0.3 is 4.90 Å². The highest BCUT2D eigenvalue weighted by Gasteiger charge is 2.00. The highest BCUT2D eigenvalue weighted by atomic mass is 15.3. The van der Waals surface area contributed by atoms with Crippen LogP contribution in [0.25, 0.3) is 0 Å². The third kappa shape index (κ3) is 7.76. The van der Waals surface area contributed by atoms with E-state index >= 15 is 0 Å². The Balaban J connectivity index is 4.92. The zero-order chi connectivity index (χ0) is 14.5. The van der Waals surface area contributed by atoms with Gasteiger partial charge in [0, 0.05) is 26.9 Å². The van der Waals surface area contributed by atoms with Crippen LogP contribution in [0.5, 0.6) is 0 Å². The molecule has 0 amide bonds. The molecule has 0 aromatic heterocycles. The molecule has 0 saturated carbocycles. The summed E-state index contributed by atoms with van der Waals surface area (Å²) in [5, 5.41) is 3.67. The predicted molar refractivity (Wildman–Crippen MR) is 85.5 cm³/mol. The van der Waals surface area contributed by atoms with Gasteiger partial charge in [-0.1, -0.05) is 18.2 Å². The molecular formula is C15H24N4. The van der Waals surface area contributed by atoms with E-state index in [1.165, 1.54) is 0 Å². The van der Waals surface area contributed by atoms with Gasteiger partial charge in [-0.2, -0.15) is 5.10 Å². The summed E-state index contributed by atoms with van der Waals surface area (Å²) in [6.45, 7) is 14.3. The van der Waals surface area contributed by atoms with Gasteiger partial charge in [0.2, 0.25) is 0 Å². The van der Waals surface area contributed by atoms with Gasteiger partial charge in [0.1, 0.15) is 5.84 Å². The zero-order valence-corrected chi connectivity index (χ0v) is 12.0. The first-order valence-corrected chi connectivity index (χ1v) is 6.26. The van der Waals surface area contributed by atoms with Crippen molar-refractivity contribution in [2.24, 2.45) is 10.1 Å². The summed E-state index contributed by atoms with van der Waals surface area (Å²) in [4.78, 5) is 6.47. The van der Waals surface area contributed by atoms with E-state index in [2.05, 4.69) is 35.4 Å². The van der Waals surface area contributed by atoms with Crippen LogP contribution >= 0.6 is 0 Å². The van der Waals surface area contributed by atoms with Crippen LogP contribution in [0.2, 0.25) is 0 Å². The number of amidine groups is 1. The summed E-state index contributed by atoms with van der Waals surface area (Å²) in [7, 11) is 1.98. The zero-order valence-electron chi connectivity index (χ0n) is 12.0. The van der Waals surface area contributed by atoms with Crippen molar-refractivity contribution in [2.75, 3.05) is 20.1 Å². The number of nitrogens with one attached hydrogen (secondary N) is 1. The number of hydrazone groups is 1. The van der Waals surface area contributed by atoms with Crippen LogP contribution in [-0.2, 0) is 0 Å². The summed E-state index contributed by atoms with van der Waals surface area (Å²) in [6.07, 6.45) is 10.3. The Morgan fingerprint density at radius 3 is 2.53 bits per heavy atom. The summed E-state index contributed by atoms with van der Waals surface area (Å²) in [5.74, 6) is 0.901. The van der Waals surface area contributed by atoms with Gasteiger partial charge in [-0.3, -0.25) is 10.4 Å². The van der Waals surface area contributed by atoms with Crippen LogP contribution in [0.1, 0.15) is 13.3 Å². The Hall–Kier alpha value is -2.10. The maximum absolute atomic E-state index is 4.44. The predicted octanol–water partition coefficient (Wildman–Crippen LogP) is 2.74. The minimum absolute atomic E-state index is 0.736. The van der Waals surface area contributed by atoms with Crippen molar-refractivity contribution < 1.29 is 0 Å². The second kappa shape index (κ2) is 11.0. The first kappa shape index (κ1) is 16.9. The Labute approximate surface area is 116 Å². The van der Waals surface area contributed by atoms with Crippen molar-refractivity contribution in [1.82, 2.24) is 10.3 Å². The molecule has 4 nitrogen and oxygen atoms in total. The van der Waals surface area contributed by atoms with Gasteiger partial charge in [0.25, 0.3) is 0 Å². The molecule has 0 aliphatic heterocycles. The van der Waals surface area contributed by atoms with E-state index in [4.69, 9.17) is 0 Å². The first-order chi connectivity index (χ1) is 9.19. The molecular weight excluding hydrogens is 236 g/mol. The van der Waals surface area contributed by atoms with E-state index < -0.39 is 0 Å². The van der Waals surface area contributed by atoms with Crippen molar-refractivity contribution in [3.63, 3.8) is 0 Å². The Morgan fingerprint density at radius 1 is 1.26 bits per heavy atom. The van der Waals surface area contributed by atoms with Crippen LogP contribution < -0.4 is 5.43 Å². The average molecular weight is 260 g/mol. The van der Waals surface area contributed by atoms with E-state index in [1.807, 2.05) is 49.3 Å². The molecule has 0 radical (unpaired) electrons. The van der Waals surface area contributed by atoms with Gasteiger partial charge in [-0.05, 0) is 25.5 Å². The van der Waals surface area contributed by atoms with Gasteiger partial charge >= 0.3 is 0 Å². The normalized spacial score (nSPS) is 12.3. The van der Waals surface area contributed by atoms with Crippen LogP contribution in [0.3, 0.4) is 0 Å². The molecule has 0 unspecified atom stereocenters. The van der Waals surface area contributed by atoms with Gasteiger partial charge in [0.05, 0.1) is 5.70 Å². The Morgan fingerprint density at radius 2 is 2.00 bits per heavy atom. The lowest BCUT2D eigenvalue weighted by molar-refractivity contribution is 0.565. The maximum atomic E-state index is 4.44. The minimum atomic E-state index is 0.736. The molecule has 0 heterocycles. The lowest BCUT2D eigenvalue weighted by Gasteiger charge is -2.16. The van der Waals surface area contributed by atoms with Gasteiger partial charge in [-0.25, -0.2) is 0 Å². The molecule has 0 bridgehead atoms. The number of hydrogen-bond acceptors (Lipinski definition) is 3. The fourth-order valence-corrected chi connectivity index (χ4v) is 1.37. The number of rotatable bonds is 9. The van der Waals surface area contributed by atoms with E-state index in [-0.39, 0.29) is 0 Å². The molecule has 0 atom stereocenters. The molecule has 0 rings (SSSR count). The summed E-state index contributed by atoms with van der Waals surface area (Å²) < 4.78 is 0. The molecule has 0 aliphatic rings. The molecule has 0 fully saturated rings. The van der Waals surface area contributed by atoms with Gasteiger partial charge in [-0.15, -0.1) is 13.2 Å². The minimum Gasteiger partial charge on any atom is -0.356 e. The lowest BCUT2D eigenvalue weighted by Crippen LogP contribution is -2.25. The Kier molecular flexibility index (Phi) is 9.80. The van der Waals surface area contributed by atoms with Crippen molar-refractivity contribution in [1.29, 1.82) is 0 Å². The second-order valence-electron chi connectivity index (χ2n) is 3.79. The van der Waals surface area contributed by atoms with Crippen molar-refractivity contribution in [3.05, 3.63) is 49.2 Å². The number of hydrogen-bond donors (Lipinski definition) is 1. The fraction of sp³-hybridized carbons (Fsp3) is 0.333. The number of likely N-dealkylation sites (N-methyl/N-ethyl adjacent to an activating group) is 1. The summed E-state index contributed by atoms with van der Waals surface area (Å²) in [5.41, 5.74) is 3.70. The van der Waals surface area contributed by atoms with E-state index in [9.17, 15) is 0 Å². The second-order valence-corrected chi connectivity index (χ2v) is 3.79. The molecule has 0 spiro atoms. The number of allylic oxidation sites excluding steroid dienone is 3. The van der Waals surface area contributed by atoms with Crippen LogP contribution in [0.4, 0.5) is 0 Å². The average Bonchev–Trinajstić information content (AvgIpc) is 2.40. The fourth-order valence-electron chi connectivity index (χ4n) is 1.37. The van der Waals surface area contributed by atoms with E-state index in [0.717, 1.165) is 31.0 Å². The van der Waals surface area contributed by atoms with E-state index in [0.29, 0.717) is 0 Å². The lowest BCUT2D eigenvalue weighted by atomic mass is 10.3. The molecule has 0 aliphatic carbocycles. The third-order valence-corrected chi connectivity index (χ3v) is 2.24. The SMILES string of the molecule is C=CC/C=C(/C=C/C(=NCC)N(C)CC=C)NN=C. The molecule has 19 heavy (non-hydrogen) atoms. The smallest absolute Gasteiger partial charge is 0.123 e. The van der Waals surface area contributed by atoms with E-state index in [1.54, 1.807) is 0 Å². The standard InChI is InChI=1S/C15H24N4/c1-6-9-10-14(18-16-4)11-12-15(17-8-3)19(5)13-7-2/h6-7,10-12,18H,1-2,4,8-9,13H2,3,5H3/b12-11+,14-10-,17-15?. The summed E-state index contributed by atoms with van der Waals surface area (Å²) in [6, 6.07) is 0. The molecule has 4 heteroatoms.